The third-order valence-corrected chi connectivity index (χ3v) is 3.68. The number of nitrogens with two attached hydrogens (primary N) is 1. The minimum Gasteiger partial charge on any atom is -0.368 e. The summed E-state index contributed by atoms with van der Waals surface area (Å²) in [6.07, 6.45) is 3.47. The van der Waals surface area contributed by atoms with E-state index in [1.165, 1.54) is 10.9 Å². The second-order valence-electron chi connectivity index (χ2n) is 4.32. The largest absolute Gasteiger partial charge is 0.368 e. The summed E-state index contributed by atoms with van der Waals surface area (Å²) < 4.78 is 23.6. The zero-order valence-corrected chi connectivity index (χ0v) is 10.7. The molecule has 0 unspecified atom stereocenters. The van der Waals surface area contributed by atoms with Crippen molar-refractivity contribution in [1.29, 1.82) is 0 Å². The van der Waals surface area contributed by atoms with Crippen LogP contribution in [0.2, 0.25) is 0 Å². The number of hydrogen-bond acceptors (Lipinski definition) is 6. The molecule has 0 atom stereocenters. The van der Waals surface area contributed by atoms with Crippen molar-refractivity contribution >= 4 is 21.7 Å². The number of aromatic nitrogens is 3. The van der Waals surface area contributed by atoms with Crippen LogP contribution in [0.5, 0.6) is 0 Å². The minimum absolute atomic E-state index is 0.0278. The number of aryl methyl sites for hydroxylation is 1. The quantitative estimate of drug-likeness (QED) is 0.783. The third-order valence-electron chi connectivity index (χ3n) is 2.75. The second-order valence-corrected chi connectivity index (χ2v) is 6.58. The van der Waals surface area contributed by atoms with E-state index in [1.807, 2.05) is 0 Å². The summed E-state index contributed by atoms with van der Waals surface area (Å²) in [4.78, 5) is 6.22. The molecule has 17 heavy (non-hydrogen) atoms. The molecule has 1 fully saturated rings. The van der Waals surface area contributed by atoms with Gasteiger partial charge < -0.3 is 10.6 Å². The lowest BCUT2D eigenvalue weighted by Crippen LogP contribution is -2.19. The summed E-state index contributed by atoms with van der Waals surface area (Å²) in [6.45, 7) is 2.14. The van der Waals surface area contributed by atoms with Crippen LogP contribution in [0.3, 0.4) is 0 Å². The van der Waals surface area contributed by atoms with Gasteiger partial charge in [0, 0.05) is 19.3 Å². The van der Waals surface area contributed by atoms with Gasteiger partial charge in [0.25, 0.3) is 0 Å². The lowest BCUT2D eigenvalue weighted by molar-refractivity contribution is 0.587. The molecular formula is C9H17N5O2S. The van der Waals surface area contributed by atoms with E-state index in [-0.39, 0.29) is 18.2 Å². The molecule has 0 bridgehead atoms. The van der Waals surface area contributed by atoms with Gasteiger partial charge in [-0.05, 0) is 12.8 Å². The molecule has 2 rings (SSSR count). The fraction of sp³-hybridized carbons (Fsp3) is 0.778. The Hall–Kier alpha value is -1.31. The predicted molar refractivity (Wildman–Crippen MR) is 65.6 cm³/mol. The first-order chi connectivity index (χ1) is 7.96. The van der Waals surface area contributed by atoms with Gasteiger partial charge >= 0.3 is 0 Å². The molecule has 0 spiro atoms. The Morgan fingerprint density at radius 1 is 1.35 bits per heavy atom. The zero-order valence-electron chi connectivity index (χ0n) is 9.83. The maximum atomic E-state index is 11.1. The van der Waals surface area contributed by atoms with E-state index in [4.69, 9.17) is 5.73 Å². The summed E-state index contributed by atoms with van der Waals surface area (Å²) in [6, 6.07) is 0. The van der Waals surface area contributed by atoms with Gasteiger partial charge in [-0.25, -0.2) is 13.1 Å². The molecule has 1 aliphatic heterocycles. The van der Waals surface area contributed by atoms with Crippen LogP contribution in [0.15, 0.2) is 0 Å². The molecule has 2 N–H and O–H groups in total. The van der Waals surface area contributed by atoms with Crippen LogP contribution in [-0.4, -0.2) is 48.3 Å². The van der Waals surface area contributed by atoms with Gasteiger partial charge in [0.15, 0.2) is 0 Å². The Balaban J connectivity index is 2.08. The van der Waals surface area contributed by atoms with E-state index in [0.29, 0.717) is 5.95 Å². The number of nitrogens with zero attached hydrogens (tertiary/aromatic N) is 4. The van der Waals surface area contributed by atoms with Gasteiger partial charge in [0.1, 0.15) is 9.84 Å². The highest BCUT2D eigenvalue weighted by molar-refractivity contribution is 7.90. The van der Waals surface area contributed by atoms with Crippen LogP contribution in [0.25, 0.3) is 0 Å². The van der Waals surface area contributed by atoms with Crippen molar-refractivity contribution in [2.75, 3.05) is 35.7 Å². The Bertz CT molecular complexity index is 489. The molecular weight excluding hydrogens is 242 g/mol. The van der Waals surface area contributed by atoms with Crippen LogP contribution in [0.4, 0.5) is 11.9 Å². The van der Waals surface area contributed by atoms with Gasteiger partial charge in [-0.2, -0.15) is 4.98 Å². The Morgan fingerprint density at radius 3 is 2.59 bits per heavy atom. The highest BCUT2D eigenvalue weighted by atomic mass is 32.2. The normalized spacial score (nSPS) is 16.6. The highest BCUT2D eigenvalue weighted by Crippen LogP contribution is 2.17. The minimum atomic E-state index is -3.01. The Kier molecular flexibility index (Phi) is 3.23. The molecule has 0 amide bonds. The maximum Gasteiger partial charge on any atom is 0.246 e. The van der Waals surface area contributed by atoms with Gasteiger partial charge in [0.05, 0.1) is 12.3 Å². The van der Waals surface area contributed by atoms with E-state index in [0.717, 1.165) is 25.9 Å². The molecule has 0 saturated carbocycles. The first-order valence-electron chi connectivity index (χ1n) is 5.59. The average molecular weight is 259 g/mol. The summed E-state index contributed by atoms with van der Waals surface area (Å²) in [7, 11) is -3.01. The van der Waals surface area contributed by atoms with Crippen LogP contribution >= 0.6 is 0 Å². The maximum absolute atomic E-state index is 11.1. The average Bonchev–Trinajstić information content (AvgIpc) is 2.82. The number of anilines is 2. The van der Waals surface area contributed by atoms with Gasteiger partial charge in [-0.1, -0.05) is 0 Å². The molecule has 0 aliphatic carbocycles. The molecule has 1 aromatic rings. The number of rotatable bonds is 4. The molecule has 7 nitrogen and oxygen atoms in total. The summed E-state index contributed by atoms with van der Waals surface area (Å²) in [5.41, 5.74) is 5.71. The van der Waals surface area contributed by atoms with Crippen molar-refractivity contribution in [3.05, 3.63) is 0 Å². The topological polar surface area (TPSA) is 94.1 Å². The zero-order chi connectivity index (χ0) is 12.5. The predicted octanol–water partition coefficient (Wildman–Crippen LogP) is -0.495. The summed E-state index contributed by atoms with van der Waals surface area (Å²) in [5.74, 6) is 0.907. The van der Waals surface area contributed by atoms with Crippen LogP contribution in [-0.2, 0) is 16.4 Å². The molecule has 2 heterocycles. The fourth-order valence-corrected chi connectivity index (χ4v) is 2.31. The van der Waals surface area contributed by atoms with Crippen molar-refractivity contribution in [1.82, 2.24) is 14.8 Å². The van der Waals surface area contributed by atoms with E-state index in [2.05, 4.69) is 15.0 Å². The van der Waals surface area contributed by atoms with E-state index < -0.39 is 9.84 Å². The molecule has 0 radical (unpaired) electrons. The molecule has 0 aromatic carbocycles. The van der Waals surface area contributed by atoms with E-state index in [9.17, 15) is 8.42 Å². The smallest absolute Gasteiger partial charge is 0.246 e. The lowest BCUT2D eigenvalue weighted by Gasteiger charge is -2.10. The monoisotopic (exact) mass is 259 g/mol. The van der Waals surface area contributed by atoms with Gasteiger partial charge in [-0.3, -0.25) is 0 Å². The van der Waals surface area contributed by atoms with Gasteiger partial charge in [0.2, 0.25) is 11.9 Å². The molecule has 1 saturated heterocycles. The van der Waals surface area contributed by atoms with Crippen LogP contribution in [0, 0.1) is 0 Å². The molecule has 1 aliphatic rings. The summed E-state index contributed by atoms with van der Waals surface area (Å²) in [5, 5.41) is 4.24. The van der Waals surface area contributed by atoms with E-state index in [1.54, 1.807) is 0 Å². The van der Waals surface area contributed by atoms with Crippen molar-refractivity contribution in [2.24, 2.45) is 0 Å². The van der Waals surface area contributed by atoms with Crippen molar-refractivity contribution in [3.8, 4) is 0 Å². The first kappa shape index (κ1) is 12.2. The highest BCUT2D eigenvalue weighted by Gasteiger charge is 2.18. The fourth-order valence-electron chi connectivity index (χ4n) is 1.81. The van der Waals surface area contributed by atoms with Crippen LogP contribution < -0.4 is 10.6 Å². The van der Waals surface area contributed by atoms with Crippen molar-refractivity contribution < 1.29 is 8.42 Å². The Labute approximate surface area is 101 Å². The standard InChI is InChI=1S/C9H17N5O2S/c1-17(15,16)7-6-14-8(10)11-9(12-14)13-4-2-3-5-13/h2-7H2,1H3,(H2,10,11,12). The third kappa shape index (κ3) is 3.09. The number of hydrogen-bond donors (Lipinski definition) is 1. The van der Waals surface area contributed by atoms with Crippen molar-refractivity contribution in [2.45, 2.75) is 19.4 Å². The molecule has 1 aromatic heterocycles. The SMILES string of the molecule is CS(=O)(=O)CCn1nc(N2CCCC2)nc1N. The molecule has 96 valence electrons. The number of nitrogen functional groups attached to an aromatic ring is 1. The van der Waals surface area contributed by atoms with Crippen molar-refractivity contribution in [3.63, 3.8) is 0 Å². The van der Waals surface area contributed by atoms with E-state index >= 15 is 0 Å². The second kappa shape index (κ2) is 4.52. The van der Waals surface area contributed by atoms with Gasteiger partial charge in [-0.15, -0.1) is 5.10 Å². The Morgan fingerprint density at radius 2 is 2.00 bits per heavy atom. The molecule has 8 heteroatoms. The first-order valence-corrected chi connectivity index (χ1v) is 7.65. The number of sulfone groups is 1. The lowest BCUT2D eigenvalue weighted by atomic mass is 10.4. The van der Waals surface area contributed by atoms with Crippen LogP contribution in [0.1, 0.15) is 12.8 Å². The summed E-state index contributed by atoms with van der Waals surface area (Å²) >= 11 is 0.